The lowest BCUT2D eigenvalue weighted by Crippen LogP contribution is -2.57. The Morgan fingerprint density at radius 3 is 2.81 bits per heavy atom. The number of thiophene rings is 1. The Morgan fingerprint density at radius 1 is 1.48 bits per heavy atom. The molecule has 2 fully saturated rings. The zero-order valence-corrected chi connectivity index (χ0v) is 13.5. The third kappa shape index (κ3) is 2.18. The molecular formula is C16H21NO3S. The number of likely N-dealkylation sites (tertiary alicyclic amines) is 1. The number of methoxy groups -OCH3 is 1. The Labute approximate surface area is 129 Å². The highest BCUT2D eigenvalue weighted by molar-refractivity contribution is 7.07. The molecule has 3 rings (SSSR count). The molecule has 4 nitrogen and oxygen atoms in total. The third-order valence-corrected chi connectivity index (χ3v) is 5.87. The molecule has 0 aromatic carbocycles. The van der Waals surface area contributed by atoms with Crippen LogP contribution in [0.1, 0.15) is 25.8 Å². The molecule has 0 radical (unpaired) electrons. The predicted octanol–water partition coefficient (Wildman–Crippen LogP) is 2.34. The van der Waals surface area contributed by atoms with E-state index in [0.29, 0.717) is 19.5 Å². The van der Waals surface area contributed by atoms with Gasteiger partial charge < -0.3 is 9.64 Å². The van der Waals surface area contributed by atoms with Crippen LogP contribution in [-0.4, -0.2) is 37.0 Å². The van der Waals surface area contributed by atoms with Crippen LogP contribution >= 0.6 is 11.3 Å². The molecule has 2 atom stereocenters. The van der Waals surface area contributed by atoms with Gasteiger partial charge in [-0.25, -0.2) is 0 Å². The fourth-order valence-corrected chi connectivity index (χ4v) is 4.91. The first-order chi connectivity index (χ1) is 9.89. The van der Waals surface area contributed by atoms with E-state index >= 15 is 0 Å². The number of amides is 1. The van der Waals surface area contributed by atoms with Crippen LogP contribution in [0.5, 0.6) is 0 Å². The lowest BCUT2D eigenvalue weighted by Gasteiger charge is -2.54. The standard InChI is InChI=1S/C16H21NO3S/c1-15(2)9-16(14(19)20-3)10-17(7-12(15)16)13(18)6-11-4-5-21-8-11/h4-5,8,12H,6-7,9-10H2,1-3H3/t12-,16+/m1/s1. The molecule has 1 aliphatic carbocycles. The SMILES string of the molecule is COC(=O)[C@@]12CN(C(=O)Cc3ccsc3)C[C@@H]1C(C)(C)C2. The highest BCUT2D eigenvalue weighted by Crippen LogP contribution is 2.63. The number of ether oxygens (including phenoxy) is 1. The van der Waals surface area contributed by atoms with Crippen LogP contribution < -0.4 is 0 Å². The van der Waals surface area contributed by atoms with Gasteiger partial charge in [0.2, 0.25) is 5.91 Å². The molecule has 0 N–H and O–H groups in total. The Bertz CT molecular complexity index is 566. The van der Waals surface area contributed by atoms with Crippen molar-refractivity contribution in [1.82, 2.24) is 4.90 Å². The topological polar surface area (TPSA) is 46.6 Å². The number of hydrogen-bond donors (Lipinski definition) is 0. The van der Waals surface area contributed by atoms with Gasteiger partial charge in [-0.15, -0.1) is 0 Å². The minimum Gasteiger partial charge on any atom is -0.469 e. The van der Waals surface area contributed by atoms with Gasteiger partial charge in [0.15, 0.2) is 0 Å². The van der Waals surface area contributed by atoms with Gasteiger partial charge in [-0.1, -0.05) is 13.8 Å². The van der Waals surface area contributed by atoms with Crippen molar-refractivity contribution >= 4 is 23.2 Å². The van der Waals surface area contributed by atoms with Crippen molar-refractivity contribution in [2.75, 3.05) is 20.2 Å². The highest BCUT2D eigenvalue weighted by atomic mass is 32.1. The number of esters is 1. The van der Waals surface area contributed by atoms with E-state index in [1.165, 1.54) is 7.11 Å². The molecule has 0 unspecified atom stereocenters. The second kappa shape index (κ2) is 4.83. The summed E-state index contributed by atoms with van der Waals surface area (Å²) in [6.45, 7) is 5.53. The first-order valence-corrected chi connectivity index (χ1v) is 8.20. The van der Waals surface area contributed by atoms with Crippen LogP contribution in [0.3, 0.4) is 0 Å². The molecule has 1 aromatic rings. The van der Waals surface area contributed by atoms with E-state index in [0.717, 1.165) is 12.0 Å². The highest BCUT2D eigenvalue weighted by Gasteiger charge is 2.67. The summed E-state index contributed by atoms with van der Waals surface area (Å²) < 4.78 is 5.01. The second-order valence-electron chi connectivity index (χ2n) is 6.95. The van der Waals surface area contributed by atoms with Gasteiger partial charge in [-0.05, 0) is 40.1 Å². The van der Waals surface area contributed by atoms with E-state index in [1.54, 1.807) is 11.3 Å². The molecule has 5 heteroatoms. The van der Waals surface area contributed by atoms with Gasteiger partial charge in [0.1, 0.15) is 0 Å². The average molecular weight is 307 g/mol. The number of rotatable bonds is 3. The average Bonchev–Trinajstić information content (AvgIpc) is 3.03. The van der Waals surface area contributed by atoms with Gasteiger partial charge >= 0.3 is 5.97 Å². The summed E-state index contributed by atoms with van der Waals surface area (Å²) in [6, 6.07) is 1.98. The molecule has 0 spiro atoms. The number of carbonyl (C=O) groups excluding carboxylic acids is 2. The van der Waals surface area contributed by atoms with Gasteiger partial charge in [-0.3, -0.25) is 9.59 Å². The summed E-state index contributed by atoms with van der Waals surface area (Å²) in [7, 11) is 1.44. The van der Waals surface area contributed by atoms with E-state index in [9.17, 15) is 9.59 Å². The van der Waals surface area contributed by atoms with Crippen LogP contribution in [0.4, 0.5) is 0 Å². The maximum absolute atomic E-state index is 12.5. The van der Waals surface area contributed by atoms with Gasteiger partial charge in [0, 0.05) is 13.1 Å². The second-order valence-corrected chi connectivity index (χ2v) is 7.73. The van der Waals surface area contributed by atoms with E-state index in [4.69, 9.17) is 4.74 Å². The summed E-state index contributed by atoms with van der Waals surface area (Å²) in [5, 5.41) is 3.98. The van der Waals surface area contributed by atoms with Crippen molar-refractivity contribution in [3.8, 4) is 0 Å². The van der Waals surface area contributed by atoms with Gasteiger partial charge in [0.05, 0.1) is 18.9 Å². The number of nitrogens with zero attached hydrogens (tertiary/aromatic N) is 1. The molecule has 2 heterocycles. The molecule has 1 amide bonds. The third-order valence-electron chi connectivity index (χ3n) is 5.14. The van der Waals surface area contributed by atoms with Crippen LogP contribution in [0, 0.1) is 16.7 Å². The Hall–Kier alpha value is -1.36. The largest absolute Gasteiger partial charge is 0.469 e. The van der Waals surface area contributed by atoms with Crippen LogP contribution in [-0.2, 0) is 20.7 Å². The molecular weight excluding hydrogens is 286 g/mol. The van der Waals surface area contributed by atoms with Crippen LogP contribution in [0.25, 0.3) is 0 Å². The normalized spacial score (nSPS) is 29.7. The summed E-state index contributed by atoms with van der Waals surface area (Å²) in [4.78, 5) is 26.5. The Morgan fingerprint density at radius 2 is 2.24 bits per heavy atom. The molecule has 1 saturated heterocycles. The molecule has 1 aromatic heterocycles. The number of fused-ring (bicyclic) bond motifs is 1. The fourth-order valence-electron chi connectivity index (χ4n) is 4.24. The van der Waals surface area contributed by atoms with E-state index in [2.05, 4.69) is 13.8 Å². The van der Waals surface area contributed by atoms with E-state index in [-0.39, 0.29) is 23.2 Å². The molecule has 1 aliphatic heterocycles. The van der Waals surface area contributed by atoms with E-state index in [1.807, 2.05) is 21.7 Å². The molecule has 21 heavy (non-hydrogen) atoms. The summed E-state index contributed by atoms with van der Waals surface area (Å²) >= 11 is 1.60. The van der Waals surface area contributed by atoms with Gasteiger partial charge in [0.25, 0.3) is 0 Å². The number of carbonyl (C=O) groups is 2. The lowest BCUT2D eigenvalue weighted by molar-refractivity contribution is -0.174. The first kappa shape index (κ1) is 14.6. The van der Waals surface area contributed by atoms with Crippen molar-refractivity contribution in [3.05, 3.63) is 22.4 Å². The molecule has 0 bridgehead atoms. The monoisotopic (exact) mass is 307 g/mol. The smallest absolute Gasteiger partial charge is 0.314 e. The van der Waals surface area contributed by atoms with Crippen molar-refractivity contribution in [3.63, 3.8) is 0 Å². The van der Waals surface area contributed by atoms with Crippen molar-refractivity contribution in [1.29, 1.82) is 0 Å². The minimum atomic E-state index is -0.470. The van der Waals surface area contributed by atoms with Crippen LogP contribution in [0.15, 0.2) is 16.8 Å². The Kier molecular flexibility index (Phi) is 3.35. The van der Waals surface area contributed by atoms with Crippen molar-refractivity contribution in [2.45, 2.75) is 26.7 Å². The molecule has 114 valence electrons. The lowest BCUT2D eigenvalue weighted by atomic mass is 9.48. The Balaban J connectivity index is 1.75. The van der Waals surface area contributed by atoms with E-state index < -0.39 is 5.41 Å². The minimum absolute atomic E-state index is 0.103. The molecule has 1 saturated carbocycles. The van der Waals surface area contributed by atoms with Crippen LogP contribution in [0.2, 0.25) is 0 Å². The summed E-state index contributed by atoms with van der Waals surface area (Å²) in [6.07, 6.45) is 1.23. The summed E-state index contributed by atoms with van der Waals surface area (Å²) in [5.41, 5.74) is 0.685. The summed E-state index contributed by atoms with van der Waals surface area (Å²) in [5.74, 6) is 0.170. The maximum atomic E-state index is 12.5. The maximum Gasteiger partial charge on any atom is 0.314 e. The van der Waals surface area contributed by atoms with Gasteiger partial charge in [-0.2, -0.15) is 11.3 Å². The zero-order chi connectivity index (χ0) is 15.3. The zero-order valence-electron chi connectivity index (χ0n) is 12.7. The van der Waals surface area contributed by atoms with Crippen molar-refractivity contribution in [2.24, 2.45) is 16.7 Å². The fraction of sp³-hybridized carbons (Fsp3) is 0.625. The molecule has 2 aliphatic rings. The predicted molar refractivity (Wildman–Crippen MR) is 80.9 cm³/mol. The van der Waals surface area contributed by atoms with Crippen molar-refractivity contribution < 1.29 is 14.3 Å². The first-order valence-electron chi connectivity index (χ1n) is 7.26. The quantitative estimate of drug-likeness (QED) is 0.805. The number of hydrogen-bond acceptors (Lipinski definition) is 4.